The van der Waals surface area contributed by atoms with Crippen molar-refractivity contribution in [1.82, 2.24) is 44.9 Å². The van der Waals surface area contributed by atoms with E-state index in [-0.39, 0.29) is 37.9 Å². The number of ether oxygens (including phenoxy) is 1. The molecule has 1 aliphatic heterocycles. The molecule has 478 valence electrons. The first-order valence-electron chi connectivity index (χ1n) is 31.0. The molecule has 1 aliphatic rings. The minimum Gasteiger partial charge on any atom is -0.378 e. The molecule has 0 radical (unpaired) electrons. The monoisotopic (exact) mass is 1210 g/mol. The van der Waals surface area contributed by atoms with Gasteiger partial charge in [-0.25, -0.2) is 4.98 Å². The molecule has 0 saturated carbocycles. The van der Waals surface area contributed by atoms with Crippen molar-refractivity contribution >= 4 is 17.4 Å². The number of halogens is 1. The predicted octanol–water partition coefficient (Wildman–Crippen LogP) is 19.4. The van der Waals surface area contributed by atoms with Crippen molar-refractivity contribution in [3.05, 3.63) is 227 Å². The quantitative estimate of drug-likeness (QED) is 0.164. The molecule has 0 amide bonds. The zero-order chi connectivity index (χ0) is 66.6. The number of aryl methyl sites for hydroxylation is 2. The fourth-order valence-corrected chi connectivity index (χ4v) is 7.91. The smallest absolute Gasteiger partial charge is 0.128 e. The van der Waals surface area contributed by atoms with Crippen LogP contribution in [0.25, 0.3) is 0 Å². The molecule has 0 unspecified atom stereocenters. The van der Waals surface area contributed by atoms with Crippen LogP contribution in [0.3, 0.4) is 0 Å². The lowest BCUT2D eigenvalue weighted by Crippen LogP contribution is -2.36. The molecule has 0 aromatic carbocycles. The second kappa shape index (κ2) is 36.0. The molecule has 0 N–H and O–H groups in total. The van der Waals surface area contributed by atoms with Crippen molar-refractivity contribution in [2.24, 2.45) is 0 Å². The third kappa shape index (κ3) is 31.4. The highest BCUT2D eigenvalue weighted by Crippen LogP contribution is 2.26. The van der Waals surface area contributed by atoms with Gasteiger partial charge in [-0.1, -0.05) is 201 Å². The topological polar surface area (TPSA) is 128 Å². The molecule has 0 aliphatic carbocycles. The van der Waals surface area contributed by atoms with Gasteiger partial charge in [0.05, 0.1) is 23.9 Å². The Morgan fingerprint density at radius 1 is 0.375 bits per heavy atom. The van der Waals surface area contributed by atoms with Crippen LogP contribution in [-0.4, -0.2) is 71.2 Å². The van der Waals surface area contributed by atoms with Crippen molar-refractivity contribution in [3.8, 4) is 0 Å². The van der Waals surface area contributed by atoms with Crippen molar-refractivity contribution in [2.75, 3.05) is 31.2 Å². The van der Waals surface area contributed by atoms with E-state index in [9.17, 15) is 0 Å². The van der Waals surface area contributed by atoms with E-state index in [1.807, 2.05) is 79.8 Å². The van der Waals surface area contributed by atoms with Crippen molar-refractivity contribution < 1.29 is 4.74 Å². The molecule has 12 heteroatoms. The van der Waals surface area contributed by atoms with Gasteiger partial charge < -0.3 is 9.64 Å². The van der Waals surface area contributed by atoms with E-state index in [0.29, 0.717) is 10.9 Å². The Labute approximate surface area is 539 Å². The lowest BCUT2D eigenvalue weighted by molar-refractivity contribution is 0.122. The molecule has 88 heavy (non-hydrogen) atoms. The number of hydrogen-bond acceptors (Lipinski definition) is 11. The molecule has 0 spiro atoms. The third-order valence-corrected chi connectivity index (χ3v) is 13.8. The summed E-state index contributed by atoms with van der Waals surface area (Å²) in [6.07, 6.45) is 21.9. The van der Waals surface area contributed by atoms with Gasteiger partial charge in [0.2, 0.25) is 0 Å². The number of pyridine rings is 7. The summed E-state index contributed by atoms with van der Waals surface area (Å²) in [7, 11) is 0. The molecule has 9 heterocycles. The Kier molecular flexibility index (Phi) is 31.6. The van der Waals surface area contributed by atoms with E-state index in [2.05, 4.69) is 277 Å². The van der Waals surface area contributed by atoms with Gasteiger partial charge in [-0.05, 0) is 124 Å². The zero-order valence-electron chi connectivity index (χ0n) is 58.8. The maximum absolute atomic E-state index is 5.70. The summed E-state index contributed by atoms with van der Waals surface area (Å²) < 4.78 is 5.33. The molecule has 0 atom stereocenters. The van der Waals surface area contributed by atoms with E-state index in [1.165, 1.54) is 33.5 Å². The second-order valence-corrected chi connectivity index (χ2v) is 29.9. The molecule has 11 nitrogen and oxygen atoms in total. The normalized spacial score (nSPS) is 12.5. The molecule has 1 fully saturated rings. The summed E-state index contributed by atoms with van der Waals surface area (Å²) in [6.45, 7) is 57.5. The second-order valence-electron chi connectivity index (χ2n) is 29.5. The average molecular weight is 1220 g/mol. The summed E-state index contributed by atoms with van der Waals surface area (Å²) in [5.41, 5.74) is 13.3. The first kappa shape index (κ1) is 77.3. The number of hydrogen-bond donors (Lipinski definition) is 0. The fraction of sp³-hybridized carbons (Fsp3) is 0.487. The summed E-state index contributed by atoms with van der Waals surface area (Å²) in [4.78, 5) is 40.1. The van der Waals surface area contributed by atoms with Crippen molar-refractivity contribution in [2.45, 2.75) is 217 Å². The van der Waals surface area contributed by atoms with Gasteiger partial charge in [0, 0.05) is 132 Å². The predicted molar refractivity (Wildman–Crippen MR) is 374 cm³/mol. The zero-order valence-corrected chi connectivity index (χ0v) is 59.5. The van der Waals surface area contributed by atoms with Gasteiger partial charge in [0.15, 0.2) is 0 Å². The van der Waals surface area contributed by atoms with Crippen LogP contribution in [0.4, 0.5) is 5.82 Å². The van der Waals surface area contributed by atoms with Gasteiger partial charge in [-0.3, -0.25) is 39.9 Å². The lowest BCUT2D eigenvalue weighted by Gasteiger charge is -2.28. The maximum Gasteiger partial charge on any atom is 0.128 e. The number of aromatic nitrogens is 9. The molecule has 8 aromatic heterocycles. The van der Waals surface area contributed by atoms with Crippen LogP contribution in [0.2, 0.25) is 5.02 Å². The number of nitrogens with zero attached hydrogens (tertiary/aromatic N) is 10. The molecule has 9 rings (SSSR count). The van der Waals surface area contributed by atoms with Gasteiger partial charge in [-0.2, -0.15) is 0 Å². The summed E-state index contributed by atoms with van der Waals surface area (Å²) in [6, 6.07) is 30.6. The van der Waals surface area contributed by atoms with Crippen LogP contribution in [0.1, 0.15) is 221 Å². The van der Waals surface area contributed by atoms with Crippen LogP contribution in [0.15, 0.2) is 165 Å². The Morgan fingerprint density at radius 3 is 1.23 bits per heavy atom. The van der Waals surface area contributed by atoms with Crippen LogP contribution in [0.5, 0.6) is 0 Å². The first-order valence-corrected chi connectivity index (χ1v) is 31.3. The highest BCUT2D eigenvalue weighted by molar-refractivity contribution is 6.30. The minimum atomic E-state index is 0.116. The van der Waals surface area contributed by atoms with E-state index in [4.69, 9.17) is 16.3 Å². The Bertz CT molecular complexity index is 2830. The summed E-state index contributed by atoms with van der Waals surface area (Å²) >= 11 is 5.70. The number of anilines is 1. The minimum absolute atomic E-state index is 0.116. The summed E-state index contributed by atoms with van der Waals surface area (Å²) in [5.74, 6) is 1.61. The Hall–Kier alpha value is -6.82. The van der Waals surface area contributed by atoms with Crippen LogP contribution in [-0.2, 0) is 42.6 Å². The molecular weight excluding hydrogens is 1100 g/mol. The molecular formula is C76H111ClN10O. The first-order chi connectivity index (χ1) is 40.7. The SMILES string of the molecule is CC(C)(C)c1ccc(Cl)cn1.CC(C)(C)c1ccc(N2CCOCC2)nc1.CC(C)(C)c1ccccn1.CC(C)(C)c1cccnc1.CC(C)(C)c1ccncc1.CC(C)(C)c1cnccn1.Cc1ccc(C(C)(C)C)nc1.Cc1cccnc1C(C)C. The van der Waals surface area contributed by atoms with Crippen LogP contribution >= 0.6 is 11.6 Å². The lowest BCUT2D eigenvalue weighted by atomic mass is 9.88. The highest BCUT2D eigenvalue weighted by Gasteiger charge is 2.19. The fourth-order valence-electron chi connectivity index (χ4n) is 7.79. The Balaban J connectivity index is 0.000000345. The average Bonchev–Trinajstić information content (AvgIpc) is 3.68. The number of morpholine rings is 1. The summed E-state index contributed by atoms with van der Waals surface area (Å²) in [5, 5.41) is 0.693. The maximum atomic E-state index is 5.70. The molecule has 0 bridgehead atoms. The van der Waals surface area contributed by atoms with Crippen molar-refractivity contribution in [1.29, 1.82) is 0 Å². The number of rotatable bonds is 2. The van der Waals surface area contributed by atoms with Crippen LogP contribution < -0.4 is 4.90 Å². The third-order valence-electron chi connectivity index (χ3n) is 13.6. The van der Waals surface area contributed by atoms with Crippen LogP contribution in [0, 0.1) is 13.8 Å². The van der Waals surface area contributed by atoms with E-state index >= 15 is 0 Å². The largest absolute Gasteiger partial charge is 0.378 e. The molecule has 1 saturated heterocycles. The van der Waals surface area contributed by atoms with E-state index in [1.54, 1.807) is 31.0 Å². The molecule has 8 aromatic rings. The van der Waals surface area contributed by atoms with Gasteiger partial charge in [0.25, 0.3) is 0 Å². The Morgan fingerprint density at radius 2 is 0.875 bits per heavy atom. The van der Waals surface area contributed by atoms with Gasteiger partial charge in [-0.15, -0.1) is 0 Å². The van der Waals surface area contributed by atoms with E-state index in [0.717, 1.165) is 54.9 Å². The highest BCUT2D eigenvalue weighted by atomic mass is 35.5. The van der Waals surface area contributed by atoms with E-state index < -0.39 is 0 Å². The van der Waals surface area contributed by atoms with Crippen molar-refractivity contribution in [3.63, 3.8) is 0 Å². The standard InChI is InChI=1S/C13H20N2O.C10H15N.C9H12ClN.4C9H13N.C8H12N2/c1-13(2,3)11-4-5-12(14-10-11)15-6-8-16-9-7-15;1-8-5-6-9(11-7-8)10(2,3)4;1-9(2,3)8-5-4-7(10)6-11-8;1-9(2,3)8-4-6-10-7-5-8;1-9(2,3)8-5-4-6-10-7-8;1-9(2,3)8-6-4-5-7-10-8;1-7(2)9-8(3)5-4-6-10-9;1-8(2,3)7-6-9-4-5-10-7/h4-5,10H,6-9H2,1-3H3;5-7H,1-4H3;4-6H,1-3H3;4*4-7H,1-3H3;4-6H,1-3H3. The van der Waals surface area contributed by atoms with Gasteiger partial charge >= 0.3 is 0 Å². The van der Waals surface area contributed by atoms with Gasteiger partial charge in [0.1, 0.15) is 5.82 Å².